The Hall–Kier alpha value is -1.31. The number of nitrogens with zero attached hydrogens (tertiary/aromatic N) is 1. The molecule has 8 heteroatoms. The van der Waals surface area contributed by atoms with Gasteiger partial charge in [0.1, 0.15) is 5.75 Å². The normalized spacial score (nSPS) is 15.5. The maximum Gasteiger partial charge on any atom is 0.260 e. The van der Waals surface area contributed by atoms with E-state index in [-0.39, 0.29) is 24.3 Å². The molecule has 0 spiro atoms. The number of rotatable bonds is 4. The third-order valence-electron chi connectivity index (χ3n) is 3.61. The van der Waals surface area contributed by atoms with Gasteiger partial charge in [-0.15, -0.1) is 0 Å². The topological polar surface area (TPSA) is 84.7 Å². The second-order valence-corrected chi connectivity index (χ2v) is 6.35. The molecular formula is C14H17BrClN3O3. The van der Waals surface area contributed by atoms with Crippen LogP contribution in [-0.2, 0) is 9.59 Å². The third-order valence-corrected chi connectivity index (χ3v) is 4.39. The first-order valence-corrected chi connectivity index (χ1v) is 8.04. The van der Waals surface area contributed by atoms with Crippen LogP contribution in [-0.4, -0.2) is 36.4 Å². The monoisotopic (exact) mass is 389 g/mol. The molecule has 2 amide bonds. The van der Waals surface area contributed by atoms with Crippen molar-refractivity contribution in [1.82, 2.24) is 10.3 Å². The maximum absolute atomic E-state index is 12.1. The molecule has 1 aromatic carbocycles. The number of amides is 2. The lowest BCUT2D eigenvalue weighted by Crippen LogP contribution is -2.45. The number of carbonyl (C=O) groups is 2. The Bertz CT molecular complexity index is 562. The zero-order valence-electron chi connectivity index (χ0n) is 11.9. The molecular weight excluding hydrogens is 374 g/mol. The van der Waals surface area contributed by atoms with Gasteiger partial charge in [-0.1, -0.05) is 27.5 Å². The average Bonchev–Trinajstić information content (AvgIpc) is 2.53. The highest BCUT2D eigenvalue weighted by Gasteiger charge is 2.27. The molecule has 2 rings (SSSR count). The van der Waals surface area contributed by atoms with Crippen molar-refractivity contribution in [2.24, 2.45) is 11.8 Å². The highest BCUT2D eigenvalue weighted by atomic mass is 79.9. The number of likely N-dealkylation sites (tertiary alicyclic amines) is 1. The van der Waals surface area contributed by atoms with Gasteiger partial charge in [-0.25, -0.2) is 5.84 Å². The quantitative estimate of drug-likeness (QED) is 0.466. The van der Waals surface area contributed by atoms with Crippen LogP contribution in [0.5, 0.6) is 5.75 Å². The number of piperidine rings is 1. The van der Waals surface area contributed by atoms with Gasteiger partial charge in [-0.2, -0.15) is 0 Å². The molecule has 1 saturated heterocycles. The van der Waals surface area contributed by atoms with Crippen LogP contribution in [0.25, 0.3) is 0 Å². The summed E-state index contributed by atoms with van der Waals surface area (Å²) in [5.74, 6) is 5.16. The minimum atomic E-state index is -0.176. The molecule has 1 fully saturated rings. The molecule has 0 aromatic heterocycles. The van der Waals surface area contributed by atoms with E-state index in [9.17, 15) is 9.59 Å². The highest BCUT2D eigenvalue weighted by Crippen LogP contribution is 2.27. The summed E-state index contributed by atoms with van der Waals surface area (Å²) >= 11 is 9.34. The fourth-order valence-corrected chi connectivity index (χ4v) is 3.06. The number of ether oxygens (including phenoxy) is 1. The van der Waals surface area contributed by atoms with Gasteiger partial charge in [0.2, 0.25) is 5.91 Å². The summed E-state index contributed by atoms with van der Waals surface area (Å²) in [6.07, 6.45) is 1.21. The van der Waals surface area contributed by atoms with Crippen molar-refractivity contribution in [2.45, 2.75) is 12.8 Å². The molecule has 3 N–H and O–H groups in total. The van der Waals surface area contributed by atoms with E-state index in [1.807, 2.05) is 0 Å². The molecule has 6 nitrogen and oxygen atoms in total. The number of benzene rings is 1. The number of hydrogen-bond donors (Lipinski definition) is 2. The lowest BCUT2D eigenvalue weighted by molar-refractivity contribution is -0.137. The first-order chi connectivity index (χ1) is 10.5. The summed E-state index contributed by atoms with van der Waals surface area (Å²) in [5, 5.41) is 0.445. The molecule has 120 valence electrons. The van der Waals surface area contributed by atoms with Crippen LogP contribution >= 0.6 is 27.5 Å². The maximum atomic E-state index is 12.1. The fourth-order valence-electron chi connectivity index (χ4n) is 2.33. The first-order valence-electron chi connectivity index (χ1n) is 6.87. The van der Waals surface area contributed by atoms with Crippen LogP contribution in [0.3, 0.4) is 0 Å². The molecule has 1 aliphatic heterocycles. The van der Waals surface area contributed by atoms with Gasteiger partial charge in [-0.05, 0) is 31.0 Å². The molecule has 0 saturated carbocycles. The van der Waals surface area contributed by atoms with Crippen molar-refractivity contribution < 1.29 is 14.3 Å². The van der Waals surface area contributed by atoms with Gasteiger partial charge in [0.05, 0.1) is 5.02 Å². The second-order valence-electron chi connectivity index (χ2n) is 5.03. The molecule has 0 radical (unpaired) electrons. The van der Waals surface area contributed by atoms with E-state index in [1.54, 1.807) is 23.1 Å². The van der Waals surface area contributed by atoms with Crippen LogP contribution in [0.2, 0.25) is 5.02 Å². The zero-order valence-corrected chi connectivity index (χ0v) is 14.2. The molecule has 1 heterocycles. The summed E-state index contributed by atoms with van der Waals surface area (Å²) in [5.41, 5.74) is 2.15. The third kappa shape index (κ3) is 4.34. The Morgan fingerprint density at radius 3 is 2.68 bits per heavy atom. The number of nitrogens with one attached hydrogen (secondary N) is 1. The van der Waals surface area contributed by atoms with Crippen LogP contribution < -0.4 is 16.0 Å². The van der Waals surface area contributed by atoms with Crippen molar-refractivity contribution in [2.75, 3.05) is 19.7 Å². The van der Waals surface area contributed by atoms with E-state index in [4.69, 9.17) is 22.2 Å². The Morgan fingerprint density at radius 2 is 2.09 bits per heavy atom. The van der Waals surface area contributed by atoms with E-state index in [2.05, 4.69) is 21.4 Å². The molecule has 0 aliphatic carbocycles. The van der Waals surface area contributed by atoms with Crippen LogP contribution in [0, 0.1) is 5.92 Å². The van der Waals surface area contributed by atoms with Crippen molar-refractivity contribution in [3.8, 4) is 5.75 Å². The molecule has 22 heavy (non-hydrogen) atoms. The fraction of sp³-hybridized carbons (Fsp3) is 0.429. The van der Waals surface area contributed by atoms with E-state index in [0.717, 1.165) is 4.47 Å². The average molecular weight is 391 g/mol. The summed E-state index contributed by atoms with van der Waals surface area (Å²) in [4.78, 5) is 25.2. The summed E-state index contributed by atoms with van der Waals surface area (Å²) in [6.45, 7) is 0.970. The molecule has 1 aliphatic rings. The molecule has 0 bridgehead atoms. The minimum Gasteiger partial charge on any atom is -0.482 e. The number of nitrogens with two attached hydrogens (primary N) is 1. The predicted molar refractivity (Wildman–Crippen MR) is 86.3 cm³/mol. The number of hydrogen-bond acceptors (Lipinski definition) is 4. The molecule has 0 atom stereocenters. The van der Waals surface area contributed by atoms with Crippen molar-refractivity contribution >= 4 is 39.3 Å². The van der Waals surface area contributed by atoms with E-state index < -0.39 is 0 Å². The van der Waals surface area contributed by atoms with Crippen LogP contribution in [0.15, 0.2) is 22.7 Å². The Balaban J connectivity index is 1.82. The van der Waals surface area contributed by atoms with Gasteiger partial charge in [0, 0.05) is 23.5 Å². The van der Waals surface area contributed by atoms with Gasteiger partial charge in [-0.3, -0.25) is 15.0 Å². The zero-order chi connectivity index (χ0) is 16.1. The number of carbonyl (C=O) groups excluding carboxylic acids is 2. The highest BCUT2D eigenvalue weighted by molar-refractivity contribution is 9.10. The Labute approximate surface area is 142 Å². The first kappa shape index (κ1) is 17.1. The lowest BCUT2D eigenvalue weighted by Gasteiger charge is -2.31. The smallest absolute Gasteiger partial charge is 0.260 e. The van der Waals surface area contributed by atoms with Crippen LogP contribution in [0.4, 0.5) is 0 Å². The standard InChI is InChI=1S/C14H17BrClN3O3/c15-10-1-2-12(11(16)7-10)22-8-13(20)19-5-3-9(4-6-19)14(21)18-17/h1-2,7,9H,3-6,8,17H2,(H,18,21). The van der Waals surface area contributed by atoms with E-state index in [0.29, 0.717) is 36.7 Å². The number of hydrazine groups is 1. The lowest BCUT2D eigenvalue weighted by atomic mass is 9.96. The summed E-state index contributed by atoms with van der Waals surface area (Å²) in [7, 11) is 0. The summed E-state index contributed by atoms with van der Waals surface area (Å²) < 4.78 is 6.30. The Morgan fingerprint density at radius 1 is 1.41 bits per heavy atom. The molecule has 1 aromatic rings. The SMILES string of the molecule is NNC(=O)C1CCN(C(=O)COc2ccc(Br)cc2Cl)CC1. The second kappa shape index (κ2) is 7.80. The Kier molecular flexibility index (Phi) is 6.05. The predicted octanol–water partition coefficient (Wildman–Crippen LogP) is 1.71. The van der Waals surface area contributed by atoms with Gasteiger partial charge in [0.15, 0.2) is 6.61 Å². The molecule has 0 unspecified atom stereocenters. The van der Waals surface area contributed by atoms with Crippen molar-refractivity contribution in [3.63, 3.8) is 0 Å². The van der Waals surface area contributed by atoms with E-state index in [1.165, 1.54) is 0 Å². The largest absolute Gasteiger partial charge is 0.482 e. The van der Waals surface area contributed by atoms with Crippen LogP contribution in [0.1, 0.15) is 12.8 Å². The van der Waals surface area contributed by atoms with Gasteiger partial charge in [0.25, 0.3) is 5.91 Å². The van der Waals surface area contributed by atoms with E-state index >= 15 is 0 Å². The van der Waals surface area contributed by atoms with Gasteiger partial charge < -0.3 is 9.64 Å². The van der Waals surface area contributed by atoms with Crippen molar-refractivity contribution in [3.05, 3.63) is 27.7 Å². The van der Waals surface area contributed by atoms with Gasteiger partial charge >= 0.3 is 0 Å². The minimum absolute atomic E-state index is 0.0743. The summed E-state index contributed by atoms with van der Waals surface area (Å²) in [6, 6.07) is 5.21. The van der Waals surface area contributed by atoms with Crippen molar-refractivity contribution in [1.29, 1.82) is 0 Å². The number of halogens is 2.